The number of sulfonamides is 1. The molecule has 2 rings (SSSR count). The van der Waals surface area contributed by atoms with Gasteiger partial charge in [-0.05, 0) is 60.7 Å². The van der Waals surface area contributed by atoms with Crippen molar-refractivity contribution in [2.24, 2.45) is 0 Å². The number of anilines is 1. The largest absolute Gasteiger partial charge is 0.490 e. The van der Waals surface area contributed by atoms with Crippen LogP contribution in [0.5, 0.6) is 11.5 Å². The van der Waals surface area contributed by atoms with Crippen molar-refractivity contribution in [2.45, 2.75) is 18.7 Å². The molecule has 7 heteroatoms. The average molecular weight is 447 g/mol. The summed E-state index contributed by atoms with van der Waals surface area (Å²) in [7, 11) is -3.70. The first-order valence-corrected chi connectivity index (χ1v) is 9.71. The highest BCUT2D eigenvalue weighted by Gasteiger charge is 2.18. The molecule has 0 unspecified atom stereocenters. The first-order chi connectivity index (χ1) is 11.0. The topological polar surface area (TPSA) is 64.6 Å². The third kappa shape index (κ3) is 4.51. The lowest BCUT2D eigenvalue weighted by Crippen LogP contribution is -2.14. The molecule has 0 aliphatic heterocycles. The van der Waals surface area contributed by atoms with E-state index in [-0.39, 0.29) is 4.90 Å². The molecule has 0 atom stereocenters. The monoisotopic (exact) mass is 447 g/mol. The van der Waals surface area contributed by atoms with Gasteiger partial charge in [0.1, 0.15) is 0 Å². The SMILES string of the molecule is CCOc1ccc(S(=O)(=O)Nc2ccccc2I)cc1OCC. The average Bonchev–Trinajstić information content (AvgIpc) is 2.51. The van der Waals surface area contributed by atoms with Gasteiger partial charge in [0.25, 0.3) is 10.0 Å². The van der Waals surface area contributed by atoms with Gasteiger partial charge in [0.05, 0.1) is 23.8 Å². The normalized spacial score (nSPS) is 11.1. The highest BCUT2D eigenvalue weighted by molar-refractivity contribution is 14.1. The van der Waals surface area contributed by atoms with E-state index in [0.717, 1.165) is 3.57 Å². The van der Waals surface area contributed by atoms with Gasteiger partial charge in [-0.2, -0.15) is 0 Å². The Kier molecular flexibility index (Phi) is 6.11. The standard InChI is InChI=1S/C16H18INO4S/c1-3-21-15-10-9-12(11-16(15)22-4-2)23(19,20)18-14-8-6-5-7-13(14)17/h5-11,18H,3-4H2,1-2H3. The van der Waals surface area contributed by atoms with Crippen LogP contribution >= 0.6 is 22.6 Å². The van der Waals surface area contributed by atoms with E-state index in [4.69, 9.17) is 9.47 Å². The summed E-state index contributed by atoms with van der Waals surface area (Å²) in [5, 5.41) is 0. The third-order valence-electron chi connectivity index (χ3n) is 2.94. The molecular formula is C16H18INO4S. The van der Waals surface area contributed by atoms with Gasteiger partial charge in [-0.1, -0.05) is 12.1 Å². The molecule has 2 aromatic carbocycles. The zero-order valence-electron chi connectivity index (χ0n) is 12.9. The molecule has 0 aliphatic carbocycles. The van der Waals surface area contributed by atoms with Crippen molar-refractivity contribution in [3.63, 3.8) is 0 Å². The van der Waals surface area contributed by atoms with Crippen LogP contribution in [0, 0.1) is 3.57 Å². The minimum Gasteiger partial charge on any atom is -0.490 e. The lowest BCUT2D eigenvalue weighted by Gasteiger charge is -2.14. The summed E-state index contributed by atoms with van der Waals surface area (Å²) in [5.74, 6) is 0.947. The number of halogens is 1. The first-order valence-electron chi connectivity index (χ1n) is 7.15. The molecule has 0 aromatic heterocycles. The van der Waals surface area contributed by atoms with Crippen molar-refractivity contribution in [3.05, 3.63) is 46.0 Å². The van der Waals surface area contributed by atoms with Crippen molar-refractivity contribution in [3.8, 4) is 11.5 Å². The number of nitrogens with one attached hydrogen (secondary N) is 1. The van der Waals surface area contributed by atoms with Gasteiger partial charge < -0.3 is 9.47 Å². The van der Waals surface area contributed by atoms with Crippen molar-refractivity contribution >= 4 is 38.3 Å². The van der Waals surface area contributed by atoms with Gasteiger partial charge in [0.2, 0.25) is 0 Å². The summed E-state index contributed by atoms with van der Waals surface area (Å²) in [6.45, 7) is 4.60. The predicted molar refractivity (Wildman–Crippen MR) is 98.7 cm³/mol. The fourth-order valence-electron chi connectivity index (χ4n) is 1.95. The first kappa shape index (κ1) is 17.9. The molecule has 0 heterocycles. The number of hydrogen-bond acceptors (Lipinski definition) is 4. The van der Waals surface area contributed by atoms with Gasteiger partial charge in [-0.15, -0.1) is 0 Å². The van der Waals surface area contributed by atoms with Crippen LogP contribution in [0.15, 0.2) is 47.4 Å². The molecule has 0 bridgehead atoms. The second-order valence-electron chi connectivity index (χ2n) is 4.56. The fraction of sp³-hybridized carbons (Fsp3) is 0.250. The maximum atomic E-state index is 12.6. The maximum Gasteiger partial charge on any atom is 0.262 e. The van der Waals surface area contributed by atoms with Gasteiger partial charge in [0.15, 0.2) is 11.5 Å². The molecule has 0 radical (unpaired) electrons. The van der Waals surface area contributed by atoms with Crippen LogP contribution in [0.25, 0.3) is 0 Å². The van der Waals surface area contributed by atoms with Gasteiger partial charge in [-0.3, -0.25) is 4.72 Å². The Morgan fingerprint density at radius 3 is 2.30 bits per heavy atom. The summed E-state index contributed by atoms with van der Waals surface area (Å²) in [4.78, 5) is 0.129. The van der Waals surface area contributed by atoms with E-state index < -0.39 is 10.0 Å². The highest BCUT2D eigenvalue weighted by Crippen LogP contribution is 2.31. The molecule has 2 aromatic rings. The highest BCUT2D eigenvalue weighted by atomic mass is 127. The lowest BCUT2D eigenvalue weighted by molar-refractivity contribution is 0.287. The van der Waals surface area contributed by atoms with Gasteiger partial charge in [0, 0.05) is 9.64 Å². The molecule has 1 N–H and O–H groups in total. The summed E-state index contributed by atoms with van der Waals surface area (Å²) < 4.78 is 39.5. The van der Waals surface area contributed by atoms with Crippen molar-refractivity contribution in [1.29, 1.82) is 0 Å². The molecule has 0 spiro atoms. The Morgan fingerprint density at radius 2 is 1.65 bits per heavy atom. The Hall–Kier alpha value is -1.48. The minimum atomic E-state index is -3.70. The third-order valence-corrected chi connectivity index (χ3v) is 5.25. The van der Waals surface area contributed by atoms with E-state index in [1.807, 2.05) is 26.0 Å². The van der Waals surface area contributed by atoms with E-state index in [0.29, 0.717) is 30.4 Å². The molecule has 0 saturated carbocycles. The van der Waals surface area contributed by atoms with Crippen LogP contribution in [0.2, 0.25) is 0 Å². The van der Waals surface area contributed by atoms with Gasteiger partial charge >= 0.3 is 0 Å². The number of ether oxygens (including phenoxy) is 2. The van der Waals surface area contributed by atoms with Gasteiger partial charge in [-0.25, -0.2) is 8.42 Å². The molecule has 5 nitrogen and oxygen atoms in total. The van der Waals surface area contributed by atoms with E-state index >= 15 is 0 Å². The van der Waals surface area contributed by atoms with E-state index in [2.05, 4.69) is 27.3 Å². The maximum absolute atomic E-state index is 12.6. The Bertz CT molecular complexity index is 777. The Morgan fingerprint density at radius 1 is 1.00 bits per heavy atom. The summed E-state index contributed by atoms with van der Waals surface area (Å²) in [5.41, 5.74) is 0.542. The molecule has 0 saturated heterocycles. The van der Waals surface area contributed by atoms with Crippen LogP contribution in [-0.2, 0) is 10.0 Å². The lowest BCUT2D eigenvalue weighted by atomic mass is 10.3. The van der Waals surface area contributed by atoms with Crippen LogP contribution in [0.3, 0.4) is 0 Å². The van der Waals surface area contributed by atoms with Crippen molar-refractivity contribution in [1.82, 2.24) is 0 Å². The summed E-state index contributed by atoms with van der Waals surface area (Å²) in [6.07, 6.45) is 0. The minimum absolute atomic E-state index is 0.129. The fourth-order valence-corrected chi connectivity index (χ4v) is 3.75. The quantitative estimate of drug-likeness (QED) is 0.655. The molecule has 23 heavy (non-hydrogen) atoms. The number of para-hydroxylation sites is 1. The van der Waals surface area contributed by atoms with Crippen molar-refractivity contribution < 1.29 is 17.9 Å². The molecule has 0 amide bonds. The van der Waals surface area contributed by atoms with E-state index in [1.165, 1.54) is 12.1 Å². The predicted octanol–water partition coefficient (Wildman–Crippen LogP) is 3.89. The molecule has 124 valence electrons. The van der Waals surface area contributed by atoms with E-state index in [9.17, 15) is 8.42 Å². The van der Waals surface area contributed by atoms with Crippen LogP contribution in [0.1, 0.15) is 13.8 Å². The number of rotatable bonds is 7. The summed E-state index contributed by atoms with van der Waals surface area (Å²) in [6, 6.07) is 11.8. The van der Waals surface area contributed by atoms with E-state index in [1.54, 1.807) is 18.2 Å². The number of benzene rings is 2. The molecular weight excluding hydrogens is 429 g/mol. The second kappa shape index (κ2) is 7.87. The Balaban J connectivity index is 2.36. The second-order valence-corrected chi connectivity index (χ2v) is 7.40. The van der Waals surface area contributed by atoms with Crippen molar-refractivity contribution in [2.75, 3.05) is 17.9 Å². The van der Waals surface area contributed by atoms with Crippen LogP contribution in [-0.4, -0.2) is 21.6 Å². The molecule has 0 aliphatic rings. The molecule has 0 fully saturated rings. The number of hydrogen-bond donors (Lipinski definition) is 1. The Labute approximate surface area is 150 Å². The smallest absolute Gasteiger partial charge is 0.262 e. The van der Waals surface area contributed by atoms with Crippen LogP contribution in [0.4, 0.5) is 5.69 Å². The summed E-state index contributed by atoms with van der Waals surface area (Å²) >= 11 is 2.08. The zero-order valence-corrected chi connectivity index (χ0v) is 15.8. The zero-order chi connectivity index (χ0) is 16.9. The van der Waals surface area contributed by atoms with Crippen LogP contribution < -0.4 is 14.2 Å².